The lowest BCUT2D eigenvalue weighted by Gasteiger charge is -2.35. The average Bonchev–Trinajstić information content (AvgIpc) is 3.74. The monoisotopic (exact) mass is 904 g/mol. The van der Waals surface area contributed by atoms with Gasteiger partial charge in [0.25, 0.3) is 0 Å². The summed E-state index contributed by atoms with van der Waals surface area (Å²) < 4.78 is 0. The van der Waals surface area contributed by atoms with E-state index in [0.717, 1.165) is 45.3 Å². The fourth-order valence-electron chi connectivity index (χ4n) is 11.4. The molecular formula is C69H48N2. The number of fused-ring (bicyclic) bond motifs is 5. The first-order valence-corrected chi connectivity index (χ1v) is 24.5. The molecule has 0 heterocycles. The van der Waals surface area contributed by atoms with Crippen molar-refractivity contribution in [2.75, 3.05) is 9.80 Å². The van der Waals surface area contributed by atoms with Crippen LogP contribution >= 0.6 is 0 Å². The largest absolute Gasteiger partial charge is 0.310 e. The zero-order valence-corrected chi connectivity index (χ0v) is 39.1. The molecule has 13 rings (SSSR count). The number of rotatable bonds is 10. The molecule has 1 aliphatic carbocycles. The van der Waals surface area contributed by atoms with Crippen molar-refractivity contribution < 1.29 is 0 Å². The topological polar surface area (TPSA) is 6.48 Å². The van der Waals surface area contributed by atoms with Gasteiger partial charge in [-0.1, -0.05) is 224 Å². The summed E-state index contributed by atoms with van der Waals surface area (Å²) in [6.45, 7) is 0. The molecule has 0 radical (unpaired) electrons. The predicted octanol–water partition coefficient (Wildman–Crippen LogP) is 18.6. The van der Waals surface area contributed by atoms with E-state index < -0.39 is 5.41 Å². The molecular weight excluding hydrogens is 857 g/mol. The Hall–Kier alpha value is -9.24. The first-order valence-electron chi connectivity index (χ1n) is 24.5. The highest BCUT2D eigenvalue weighted by atomic mass is 15.2. The quantitative estimate of drug-likeness (QED) is 0.135. The number of nitrogens with zero attached hydrogens (tertiary/aromatic N) is 2. The van der Waals surface area contributed by atoms with E-state index in [1.807, 2.05) is 0 Å². The highest BCUT2D eigenvalue weighted by molar-refractivity contribution is 6.05. The third-order valence-electron chi connectivity index (χ3n) is 14.4. The van der Waals surface area contributed by atoms with Crippen molar-refractivity contribution in [1.29, 1.82) is 0 Å². The van der Waals surface area contributed by atoms with Crippen LogP contribution in [0.25, 0.3) is 54.9 Å². The van der Waals surface area contributed by atoms with Crippen LogP contribution in [-0.4, -0.2) is 0 Å². The molecule has 0 aliphatic heterocycles. The Morgan fingerprint density at radius 2 is 0.704 bits per heavy atom. The summed E-state index contributed by atoms with van der Waals surface area (Å²) in [4.78, 5) is 4.88. The molecule has 2 nitrogen and oxygen atoms in total. The van der Waals surface area contributed by atoms with Gasteiger partial charge in [0.1, 0.15) is 0 Å². The zero-order valence-electron chi connectivity index (χ0n) is 39.1. The van der Waals surface area contributed by atoms with Crippen molar-refractivity contribution >= 4 is 55.7 Å². The summed E-state index contributed by atoms with van der Waals surface area (Å²) in [6.07, 6.45) is 0. The maximum atomic E-state index is 2.49. The van der Waals surface area contributed by atoms with E-state index in [2.05, 4.69) is 301 Å². The summed E-state index contributed by atoms with van der Waals surface area (Å²) >= 11 is 0. The highest BCUT2D eigenvalue weighted by Gasteiger charge is 2.46. The van der Waals surface area contributed by atoms with Gasteiger partial charge in [-0.05, 0) is 144 Å². The normalized spacial score (nSPS) is 12.3. The van der Waals surface area contributed by atoms with Gasteiger partial charge in [-0.25, -0.2) is 0 Å². The lowest BCUT2D eigenvalue weighted by atomic mass is 9.67. The number of hydrogen-bond donors (Lipinski definition) is 0. The average molecular weight is 905 g/mol. The van der Waals surface area contributed by atoms with Crippen LogP contribution in [0.5, 0.6) is 0 Å². The molecule has 0 saturated heterocycles. The van der Waals surface area contributed by atoms with Crippen LogP contribution in [0, 0.1) is 0 Å². The summed E-state index contributed by atoms with van der Waals surface area (Å²) in [5.74, 6) is 0. The smallest absolute Gasteiger partial charge is 0.0714 e. The van der Waals surface area contributed by atoms with Crippen LogP contribution in [0.15, 0.2) is 291 Å². The minimum Gasteiger partial charge on any atom is -0.310 e. The molecule has 0 aromatic heterocycles. The van der Waals surface area contributed by atoms with Crippen molar-refractivity contribution in [3.05, 3.63) is 313 Å². The summed E-state index contributed by atoms with van der Waals surface area (Å²) in [6, 6.07) is 107. The summed E-state index contributed by atoms with van der Waals surface area (Å²) in [7, 11) is 0. The number of para-hydroxylation sites is 2. The van der Waals surface area contributed by atoms with Crippen LogP contribution in [0.1, 0.15) is 22.3 Å². The minimum atomic E-state index is -0.570. The molecule has 12 aromatic rings. The molecule has 0 amide bonds. The van der Waals surface area contributed by atoms with E-state index in [1.54, 1.807) is 0 Å². The van der Waals surface area contributed by atoms with Crippen LogP contribution in [-0.2, 0) is 5.41 Å². The maximum Gasteiger partial charge on any atom is 0.0714 e. The fourth-order valence-corrected chi connectivity index (χ4v) is 11.4. The molecule has 0 bridgehead atoms. The van der Waals surface area contributed by atoms with Crippen LogP contribution in [0.4, 0.5) is 34.1 Å². The fraction of sp³-hybridized carbons (Fsp3) is 0.0145. The van der Waals surface area contributed by atoms with Gasteiger partial charge in [0.15, 0.2) is 0 Å². The Kier molecular flexibility index (Phi) is 10.4. The number of anilines is 6. The Bertz CT molecular complexity index is 3790. The molecule has 0 fully saturated rings. The molecule has 0 N–H and O–H groups in total. The highest BCUT2D eigenvalue weighted by Crippen LogP contribution is 2.57. The second kappa shape index (κ2) is 17.7. The SMILES string of the molecule is c1ccc(-c2c(-c3cc(N(c4ccccc4)c4ccccc4)cc(N(c4ccc5c(c4)C(c4ccccc4)(c4ccccc4)c4ccccc4-5)c4ccc5ccccc5c4)c3)ccc3ccccc23)cc1. The van der Waals surface area contributed by atoms with Crippen LogP contribution in [0.2, 0.25) is 0 Å². The summed E-state index contributed by atoms with van der Waals surface area (Å²) in [5.41, 5.74) is 18.0. The maximum absolute atomic E-state index is 2.49. The van der Waals surface area contributed by atoms with Gasteiger partial charge >= 0.3 is 0 Å². The Labute approximate surface area is 415 Å². The van der Waals surface area contributed by atoms with Gasteiger partial charge in [0, 0.05) is 34.1 Å². The molecule has 0 spiro atoms. The zero-order chi connectivity index (χ0) is 47.1. The molecule has 2 heteroatoms. The standard InChI is InChI=1S/C69H48N2/c1-6-24-51(25-7-1)68-62-35-19-18-23-50(62)39-42-63(68)53-45-60(70(56-31-12-4-13-32-56)57-33-14-5-15-34-57)47-61(46-53)71(58-40-38-49-22-16-17-26-52(49)44-58)59-41-43-65-64-36-20-21-37-66(64)69(67(65)48-59,54-27-8-2-9-28-54)55-29-10-3-11-30-55/h1-48H. The van der Waals surface area contributed by atoms with Gasteiger partial charge in [-0.3, -0.25) is 0 Å². The van der Waals surface area contributed by atoms with Crippen molar-refractivity contribution in [2.24, 2.45) is 0 Å². The van der Waals surface area contributed by atoms with Crippen molar-refractivity contribution in [2.45, 2.75) is 5.41 Å². The van der Waals surface area contributed by atoms with E-state index >= 15 is 0 Å². The van der Waals surface area contributed by atoms with Gasteiger partial charge in [-0.2, -0.15) is 0 Å². The first-order chi connectivity index (χ1) is 35.2. The van der Waals surface area contributed by atoms with Gasteiger partial charge in [-0.15, -0.1) is 0 Å². The number of hydrogen-bond acceptors (Lipinski definition) is 2. The molecule has 334 valence electrons. The lowest BCUT2D eigenvalue weighted by Crippen LogP contribution is -2.28. The molecule has 0 atom stereocenters. The third kappa shape index (κ3) is 7.19. The molecule has 12 aromatic carbocycles. The predicted molar refractivity (Wildman–Crippen MR) is 299 cm³/mol. The molecule has 71 heavy (non-hydrogen) atoms. The Morgan fingerprint density at radius 1 is 0.239 bits per heavy atom. The van der Waals surface area contributed by atoms with Gasteiger partial charge in [0.05, 0.1) is 5.41 Å². The van der Waals surface area contributed by atoms with Crippen molar-refractivity contribution in [3.63, 3.8) is 0 Å². The molecule has 1 aliphatic rings. The van der Waals surface area contributed by atoms with Gasteiger partial charge in [0.2, 0.25) is 0 Å². The van der Waals surface area contributed by atoms with E-state index in [9.17, 15) is 0 Å². The van der Waals surface area contributed by atoms with E-state index in [-0.39, 0.29) is 0 Å². The van der Waals surface area contributed by atoms with E-state index in [1.165, 1.54) is 66.1 Å². The van der Waals surface area contributed by atoms with Crippen LogP contribution in [0.3, 0.4) is 0 Å². The second-order valence-electron chi connectivity index (χ2n) is 18.4. The Balaban J connectivity index is 1.13. The molecule has 0 saturated carbocycles. The minimum absolute atomic E-state index is 0.570. The van der Waals surface area contributed by atoms with Crippen LogP contribution < -0.4 is 9.80 Å². The number of benzene rings is 12. The Morgan fingerprint density at radius 3 is 1.37 bits per heavy atom. The first kappa shape index (κ1) is 41.9. The molecule has 0 unspecified atom stereocenters. The lowest BCUT2D eigenvalue weighted by molar-refractivity contribution is 0.768. The van der Waals surface area contributed by atoms with Gasteiger partial charge < -0.3 is 9.80 Å². The third-order valence-corrected chi connectivity index (χ3v) is 14.4. The van der Waals surface area contributed by atoms with Crippen molar-refractivity contribution in [1.82, 2.24) is 0 Å². The summed E-state index contributed by atoms with van der Waals surface area (Å²) in [5, 5.41) is 4.80. The van der Waals surface area contributed by atoms with E-state index in [4.69, 9.17) is 0 Å². The van der Waals surface area contributed by atoms with Crippen molar-refractivity contribution in [3.8, 4) is 33.4 Å². The van der Waals surface area contributed by atoms with E-state index in [0.29, 0.717) is 0 Å². The second-order valence-corrected chi connectivity index (χ2v) is 18.4.